The summed E-state index contributed by atoms with van der Waals surface area (Å²) in [6.45, 7) is 5.21. The molecule has 2 amide bonds. The molecule has 2 aromatic carbocycles. The molecule has 0 heterocycles. The van der Waals surface area contributed by atoms with Crippen molar-refractivity contribution in [1.29, 1.82) is 0 Å². The van der Waals surface area contributed by atoms with Gasteiger partial charge in [-0.2, -0.15) is 0 Å². The smallest absolute Gasteiger partial charge is 0.239 e. The van der Waals surface area contributed by atoms with E-state index < -0.39 is 11.3 Å². The molecule has 6 heteroatoms. The first-order valence-corrected chi connectivity index (χ1v) is 8.57. The summed E-state index contributed by atoms with van der Waals surface area (Å²) in [6.07, 6.45) is 0. The fourth-order valence-corrected chi connectivity index (χ4v) is 2.54. The van der Waals surface area contributed by atoms with E-state index in [1.165, 1.54) is 0 Å². The number of amides is 2. The van der Waals surface area contributed by atoms with Crippen LogP contribution in [0.5, 0.6) is 0 Å². The molecule has 0 bridgehead atoms. The van der Waals surface area contributed by atoms with E-state index >= 15 is 0 Å². The molecular formula is C19H20Cl2N2O2. The Morgan fingerprint density at radius 3 is 2.28 bits per heavy atom. The third-order valence-corrected chi connectivity index (χ3v) is 4.83. The van der Waals surface area contributed by atoms with Gasteiger partial charge in [-0.05, 0) is 50.1 Å². The molecule has 0 unspecified atom stereocenters. The lowest BCUT2D eigenvalue weighted by Gasteiger charge is -2.23. The summed E-state index contributed by atoms with van der Waals surface area (Å²) in [4.78, 5) is 25.1. The molecule has 0 spiro atoms. The molecular weight excluding hydrogens is 359 g/mol. The lowest BCUT2D eigenvalue weighted by Crippen LogP contribution is -2.45. The number of carbonyl (C=O) groups is 2. The highest BCUT2D eigenvalue weighted by Gasteiger charge is 2.36. The van der Waals surface area contributed by atoms with Crippen molar-refractivity contribution in [3.05, 3.63) is 63.6 Å². The Kier molecular flexibility index (Phi) is 6.09. The fourth-order valence-electron chi connectivity index (χ4n) is 2.16. The topological polar surface area (TPSA) is 58.2 Å². The molecule has 0 atom stereocenters. The maximum absolute atomic E-state index is 12.6. The first kappa shape index (κ1) is 19.3. The molecule has 0 aromatic heterocycles. The lowest BCUT2D eigenvalue weighted by molar-refractivity contribution is -0.138. The highest BCUT2D eigenvalue weighted by atomic mass is 35.5. The summed E-state index contributed by atoms with van der Waals surface area (Å²) in [6, 6.07) is 12.5. The number of anilines is 1. The van der Waals surface area contributed by atoms with Gasteiger partial charge in [-0.15, -0.1) is 0 Å². The van der Waals surface area contributed by atoms with Crippen molar-refractivity contribution >= 4 is 40.7 Å². The fraction of sp³-hybridized carbons (Fsp3) is 0.263. The average Bonchev–Trinajstić information content (AvgIpc) is 2.57. The van der Waals surface area contributed by atoms with Crippen molar-refractivity contribution < 1.29 is 9.59 Å². The Morgan fingerprint density at radius 1 is 0.960 bits per heavy atom. The summed E-state index contributed by atoms with van der Waals surface area (Å²) in [5, 5.41) is 6.66. The van der Waals surface area contributed by atoms with Gasteiger partial charge in [-0.3, -0.25) is 9.59 Å². The second-order valence-electron chi connectivity index (χ2n) is 6.27. The van der Waals surface area contributed by atoms with Crippen LogP contribution in [0.3, 0.4) is 0 Å². The van der Waals surface area contributed by atoms with Gasteiger partial charge in [-0.1, -0.05) is 47.5 Å². The molecule has 4 nitrogen and oxygen atoms in total. The third kappa shape index (κ3) is 4.53. The standard InChI is InChI=1S/C19H20Cl2N2O2/c1-12-14(20)9-6-10-16(12)23-18(25)19(2,3)17(24)22-11-13-7-4-5-8-15(13)21/h4-10H,11H2,1-3H3,(H,22,24)(H,23,25). The van der Waals surface area contributed by atoms with E-state index in [0.717, 1.165) is 11.1 Å². The molecule has 0 aliphatic heterocycles. The maximum atomic E-state index is 12.6. The van der Waals surface area contributed by atoms with E-state index in [-0.39, 0.29) is 12.5 Å². The molecule has 2 aromatic rings. The first-order chi connectivity index (χ1) is 11.7. The number of hydrogen-bond donors (Lipinski definition) is 2. The van der Waals surface area contributed by atoms with Gasteiger partial charge in [0.2, 0.25) is 11.8 Å². The van der Waals surface area contributed by atoms with Crippen LogP contribution >= 0.6 is 23.2 Å². The van der Waals surface area contributed by atoms with Crippen LogP contribution in [-0.4, -0.2) is 11.8 Å². The van der Waals surface area contributed by atoms with Crippen LogP contribution in [0.1, 0.15) is 25.0 Å². The van der Waals surface area contributed by atoms with E-state index in [4.69, 9.17) is 23.2 Å². The van der Waals surface area contributed by atoms with Gasteiger partial charge in [0.15, 0.2) is 0 Å². The molecule has 2 rings (SSSR count). The van der Waals surface area contributed by atoms with Gasteiger partial charge in [0, 0.05) is 22.3 Å². The second kappa shape index (κ2) is 7.89. The third-order valence-electron chi connectivity index (χ3n) is 4.05. The zero-order chi connectivity index (χ0) is 18.6. The number of rotatable bonds is 5. The van der Waals surface area contributed by atoms with E-state index in [0.29, 0.717) is 15.7 Å². The van der Waals surface area contributed by atoms with Crippen LogP contribution in [0.4, 0.5) is 5.69 Å². The minimum atomic E-state index is -1.25. The van der Waals surface area contributed by atoms with E-state index in [9.17, 15) is 9.59 Å². The van der Waals surface area contributed by atoms with Crippen molar-refractivity contribution in [1.82, 2.24) is 5.32 Å². The van der Waals surface area contributed by atoms with E-state index in [1.807, 2.05) is 25.1 Å². The van der Waals surface area contributed by atoms with E-state index in [2.05, 4.69) is 10.6 Å². The highest BCUT2D eigenvalue weighted by molar-refractivity contribution is 6.32. The Hall–Kier alpha value is -2.04. The summed E-state index contributed by atoms with van der Waals surface area (Å²) < 4.78 is 0. The largest absolute Gasteiger partial charge is 0.351 e. The monoisotopic (exact) mass is 378 g/mol. The predicted octanol–water partition coefficient (Wildman–Crippen LogP) is 4.58. The van der Waals surface area contributed by atoms with Crippen molar-refractivity contribution in [2.45, 2.75) is 27.3 Å². The minimum absolute atomic E-state index is 0.255. The maximum Gasteiger partial charge on any atom is 0.239 e. The number of halogens is 2. The Morgan fingerprint density at radius 2 is 1.60 bits per heavy atom. The van der Waals surface area contributed by atoms with Crippen molar-refractivity contribution in [3.63, 3.8) is 0 Å². The second-order valence-corrected chi connectivity index (χ2v) is 7.08. The molecule has 0 saturated carbocycles. The Labute approximate surface area is 157 Å². The van der Waals surface area contributed by atoms with Gasteiger partial charge >= 0.3 is 0 Å². The highest BCUT2D eigenvalue weighted by Crippen LogP contribution is 2.26. The molecule has 0 saturated heterocycles. The number of nitrogens with one attached hydrogen (secondary N) is 2. The summed E-state index contributed by atoms with van der Waals surface area (Å²) in [7, 11) is 0. The van der Waals surface area contributed by atoms with Gasteiger partial charge in [0.1, 0.15) is 5.41 Å². The Balaban J connectivity index is 2.06. The van der Waals surface area contributed by atoms with Gasteiger partial charge in [0.25, 0.3) is 0 Å². The molecule has 25 heavy (non-hydrogen) atoms. The minimum Gasteiger partial charge on any atom is -0.351 e. The molecule has 2 N–H and O–H groups in total. The molecule has 0 radical (unpaired) electrons. The van der Waals surface area contributed by atoms with Crippen LogP contribution in [-0.2, 0) is 16.1 Å². The Bertz CT molecular complexity index is 804. The van der Waals surface area contributed by atoms with Gasteiger partial charge in [0.05, 0.1) is 0 Å². The van der Waals surface area contributed by atoms with Gasteiger partial charge < -0.3 is 10.6 Å². The summed E-state index contributed by atoms with van der Waals surface area (Å²) >= 11 is 12.1. The van der Waals surface area contributed by atoms with Crippen molar-refractivity contribution in [2.24, 2.45) is 5.41 Å². The number of carbonyl (C=O) groups excluding carboxylic acids is 2. The van der Waals surface area contributed by atoms with Crippen LogP contribution in [0.15, 0.2) is 42.5 Å². The summed E-state index contributed by atoms with van der Waals surface area (Å²) in [5.74, 6) is -0.792. The van der Waals surface area contributed by atoms with Crippen LogP contribution in [0, 0.1) is 12.3 Å². The van der Waals surface area contributed by atoms with Crippen LogP contribution in [0.25, 0.3) is 0 Å². The number of benzene rings is 2. The predicted molar refractivity (Wildman–Crippen MR) is 102 cm³/mol. The van der Waals surface area contributed by atoms with Crippen LogP contribution in [0.2, 0.25) is 10.0 Å². The zero-order valence-corrected chi connectivity index (χ0v) is 15.8. The van der Waals surface area contributed by atoms with E-state index in [1.54, 1.807) is 38.1 Å². The lowest BCUT2D eigenvalue weighted by atomic mass is 9.90. The summed E-state index contributed by atoms with van der Waals surface area (Å²) in [5.41, 5.74) is 0.879. The number of hydrogen-bond acceptors (Lipinski definition) is 2. The zero-order valence-electron chi connectivity index (χ0n) is 14.3. The molecule has 0 aliphatic carbocycles. The normalized spacial score (nSPS) is 11.1. The molecule has 0 fully saturated rings. The average molecular weight is 379 g/mol. The molecule has 0 aliphatic rings. The van der Waals surface area contributed by atoms with Crippen molar-refractivity contribution in [2.75, 3.05) is 5.32 Å². The van der Waals surface area contributed by atoms with Crippen molar-refractivity contribution in [3.8, 4) is 0 Å². The van der Waals surface area contributed by atoms with Gasteiger partial charge in [-0.25, -0.2) is 0 Å². The first-order valence-electron chi connectivity index (χ1n) is 7.81. The van der Waals surface area contributed by atoms with Crippen LogP contribution < -0.4 is 10.6 Å². The SMILES string of the molecule is Cc1c(Cl)cccc1NC(=O)C(C)(C)C(=O)NCc1ccccc1Cl. The quantitative estimate of drug-likeness (QED) is 0.747. The molecule has 132 valence electrons.